The molecule has 0 radical (unpaired) electrons. The van der Waals surface area contributed by atoms with Crippen molar-refractivity contribution >= 4 is 0 Å². The smallest absolute Gasteiger partial charge is 0.169 e. The van der Waals surface area contributed by atoms with E-state index in [4.69, 9.17) is 11.6 Å². The molecule has 0 aromatic carbocycles. The van der Waals surface area contributed by atoms with Crippen LogP contribution in [0.15, 0.2) is 35.8 Å². The lowest BCUT2D eigenvalue weighted by Crippen LogP contribution is -2.04. The second kappa shape index (κ2) is 3.03. The maximum atomic E-state index is 5.65. The van der Waals surface area contributed by atoms with Crippen LogP contribution in [0.25, 0.3) is 0 Å². The number of hydrogen-bond acceptors (Lipinski definition) is 3. The summed E-state index contributed by atoms with van der Waals surface area (Å²) in [6, 6.07) is 0. The van der Waals surface area contributed by atoms with Gasteiger partial charge in [0.05, 0.1) is 5.70 Å². The van der Waals surface area contributed by atoms with Crippen LogP contribution < -0.4 is 11.6 Å². The van der Waals surface area contributed by atoms with Crippen LogP contribution in [0, 0.1) is 5.41 Å². The van der Waals surface area contributed by atoms with E-state index < -0.39 is 0 Å². The predicted octanol–water partition coefficient (Wildman–Crippen LogP) is 1.20. The molecular weight excluding hydrogens is 152 g/mol. The fourth-order valence-corrected chi connectivity index (χ4v) is 0.936. The Labute approximate surface area is 72.3 Å². The fraction of sp³-hybridized carbons (Fsp3) is 0.333. The molecule has 0 saturated carbocycles. The highest BCUT2D eigenvalue weighted by atomic mass is 16.6. The number of rotatable bonds is 1. The van der Waals surface area contributed by atoms with Crippen molar-refractivity contribution in [2.45, 2.75) is 13.8 Å². The average Bonchev–Trinajstić information content (AvgIpc) is 2.13. The van der Waals surface area contributed by atoms with E-state index in [0.29, 0.717) is 11.5 Å². The Balaban J connectivity index is 2.99. The van der Waals surface area contributed by atoms with Crippen molar-refractivity contribution in [3.63, 3.8) is 0 Å². The summed E-state index contributed by atoms with van der Waals surface area (Å²) in [4.78, 5) is 4.59. The Morgan fingerprint density at radius 3 is 2.42 bits per heavy atom. The molecule has 0 amide bonds. The Morgan fingerprint density at radius 2 is 1.83 bits per heavy atom. The monoisotopic (exact) mass is 166 g/mol. The first-order chi connectivity index (χ1) is 5.55. The van der Waals surface area contributed by atoms with Gasteiger partial charge in [0.1, 0.15) is 0 Å². The lowest BCUT2D eigenvalue weighted by molar-refractivity contribution is 0.231. The lowest BCUT2D eigenvalue weighted by atomic mass is 9.93. The van der Waals surface area contributed by atoms with Crippen LogP contribution in [-0.4, -0.2) is 0 Å². The molecule has 0 heterocycles. The van der Waals surface area contributed by atoms with Crippen molar-refractivity contribution in [2.75, 3.05) is 0 Å². The van der Waals surface area contributed by atoms with Gasteiger partial charge in [-0.25, -0.2) is 0 Å². The number of allylic oxidation sites excluding steroid dienone is 4. The molecule has 3 heteroatoms. The second-order valence-corrected chi connectivity index (χ2v) is 3.43. The second-order valence-electron chi connectivity index (χ2n) is 3.43. The van der Waals surface area contributed by atoms with Crippen molar-refractivity contribution in [2.24, 2.45) is 17.0 Å². The maximum Gasteiger partial charge on any atom is 0.169 e. The maximum absolute atomic E-state index is 5.65. The molecule has 1 aliphatic rings. The summed E-state index contributed by atoms with van der Waals surface area (Å²) in [6.45, 7) is 4.15. The standard InChI is InChI=1S/C9H14N2O/c1-9(2)5-3-7(10)8(12-11)4-6-9/h3-6H,10-11H2,1-2H3. The first kappa shape index (κ1) is 8.87. The van der Waals surface area contributed by atoms with Crippen LogP contribution in [0.5, 0.6) is 0 Å². The molecule has 0 aromatic rings. The van der Waals surface area contributed by atoms with Crippen LogP contribution in [0.2, 0.25) is 0 Å². The van der Waals surface area contributed by atoms with E-state index in [9.17, 15) is 0 Å². The Bertz CT molecular complexity index is 262. The van der Waals surface area contributed by atoms with Crippen molar-refractivity contribution in [3.05, 3.63) is 35.8 Å². The van der Waals surface area contributed by atoms with Crippen molar-refractivity contribution < 1.29 is 4.84 Å². The summed E-state index contributed by atoms with van der Waals surface area (Å²) in [7, 11) is 0. The van der Waals surface area contributed by atoms with Gasteiger partial charge < -0.3 is 10.6 Å². The Morgan fingerprint density at radius 1 is 1.25 bits per heavy atom. The molecule has 0 aromatic heterocycles. The Kier molecular flexibility index (Phi) is 2.24. The van der Waals surface area contributed by atoms with E-state index in [2.05, 4.69) is 18.7 Å². The molecule has 0 unspecified atom stereocenters. The van der Waals surface area contributed by atoms with Crippen LogP contribution in [-0.2, 0) is 4.84 Å². The predicted molar refractivity (Wildman–Crippen MR) is 48.5 cm³/mol. The lowest BCUT2D eigenvalue weighted by Gasteiger charge is -2.12. The summed E-state index contributed by atoms with van der Waals surface area (Å²) in [5.74, 6) is 5.54. The highest BCUT2D eigenvalue weighted by Gasteiger charge is 2.13. The van der Waals surface area contributed by atoms with Gasteiger partial charge in [0.15, 0.2) is 5.76 Å². The molecule has 0 fully saturated rings. The zero-order valence-electron chi connectivity index (χ0n) is 7.37. The topological polar surface area (TPSA) is 61.3 Å². The summed E-state index contributed by atoms with van der Waals surface area (Å²) in [5, 5.41) is 0. The number of hydrogen-bond donors (Lipinski definition) is 2. The van der Waals surface area contributed by atoms with Gasteiger partial charge in [-0.05, 0) is 12.2 Å². The van der Waals surface area contributed by atoms with Gasteiger partial charge in [-0.15, -0.1) is 0 Å². The van der Waals surface area contributed by atoms with Gasteiger partial charge in [0.2, 0.25) is 0 Å². The van der Waals surface area contributed by atoms with Crippen LogP contribution in [0.4, 0.5) is 0 Å². The third kappa shape index (κ3) is 1.89. The van der Waals surface area contributed by atoms with E-state index >= 15 is 0 Å². The van der Waals surface area contributed by atoms with Crippen molar-refractivity contribution in [1.29, 1.82) is 0 Å². The molecule has 0 aliphatic heterocycles. The first-order valence-corrected chi connectivity index (χ1v) is 3.80. The SMILES string of the molecule is CC1(C)C=CC(N)=C(ON)C=C1. The average molecular weight is 166 g/mol. The molecule has 4 N–H and O–H groups in total. The molecule has 1 rings (SSSR count). The molecule has 1 aliphatic carbocycles. The quantitative estimate of drug-likeness (QED) is 0.575. The largest absolute Gasteiger partial charge is 0.409 e. The van der Waals surface area contributed by atoms with Crippen LogP contribution >= 0.6 is 0 Å². The highest BCUT2D eigenvalue weighted by molar-refractivity contribution is 5.32. The molecule has 12 heavy (non-hydrogen) atoms. The van der Waals surface area contributed by atoms with Gasteiger partial charge in [0.25, 0.3) is 0 Å². The van der Waals surface area contributed by atoms with Gasteiger partial charge in [-0.3, -0.25) is 0 Å². The minimum atomic E-state index is 0.00486. The summed E-state index contributed by atoms with van der Waals surface area (Å²) < 4.78 is 0. The van der Waals surface area contributed by atoms with Gasteiger partial charge in [-0.2, -0.15) is 5.90 Å². The normalized spacial score (nSPS) is 20.9. The van der Waals surface area contributed by atoms with Crippen LogP contribution in [0.3, 0.4) is 0 Å². The van der Waals surface area contributed by atoms with E-state index in [1.165, 1.54) is 0 Å². The van der Waals surface area contributed by atoms with Crippen LogP contribution in [0.1, 0.15) is 13.8 Å². The molecule has 0 spiro atoms. The molecule has 0 saturated heterocycles. The van der Waals surface area contributed by atoms with E-state index in [1.807, 2.05) is 18.2 Å². The van der Waals surface area contributed by atoms with E-state index in [-0.39, 0.29) is 5.41 Å². The minimum Gasteiger partial charge on any atom is -0.409 e. The molecule has 3 nitrogen and oxygen atoms in total. The third-order valence-electron chi connectivity index (χ3n) is 1.77. The van der Waals surface area contributed by atoms with E-state index in [1.54, 1.807) is 6.08 Å². The fourth-order valence-electron chi connectivity index (χ4n) is 0.936. The zero-order chi connectivity index (χ0) is 9.19. The van der Waals surface area contributed by atoms with Crippen molar-refractivity contribution in [3.8, 4) is 0 Å². The number of nitrogens with two attached hydrogens (primary N) is 2. The third-order valence-corrected chi connectivity index (χ3v) is 1.77. The van der Waals surface area contributed by atoms with Gasteiger partial charge in [-0.1, -0.05) is 26.0 Å². The first-order valence-electron chi connectivity index (χ1n) is 3.80. The molecule has 0 bridgehead atoms. The summed E-state index contributed by atoms with van der Waals surface area (Å²) >= 11 is 0. The molecular formula is C9H14N2O. The Hall–Kier alpha value is -1.22. The van der Waals surface area contributed by atoms with Gasteiger partial charge in [0, 0.05) is 5.41 Å². The minimum absolute atomic E-state index is 0.00486. The zero-order valence-corrected chi connectivity index (χ0v) is 7.37. The molecule has 0 atom stereocenters. The summed E-state index contributed by atoms with van der Waals surface area (Å²) in [5.41, 5.74) is 6.21. The highest BCUT2D eigenvalue weighted by Crippen LogP contribution is 2.23. The molecule has 66 valence electrons. The summed E-state index contributed by atoms with van der Waals surface area (Å²) in [6.07, 6.45) is 7.59. The van der Waals surface area contributed by atoms with Gasteiger partial charge >= 0.3 is 0 Å². The van der Waals surface area contributed by atoms with E-state index in [0.717, 1.165) is 0 Å². The van der Waals surface area contributed by atoms with Crippen molar-refractivity contribution in [1.82, 2.24) is 0 Å².